The first-order valence-electron chi connectivity index (χ1n) is 8.26. The molecule has 2 unspecified atom stereocenters. The summed E-state index contributed by atoms with van der Waals surface area (Å²) in [5.41, 5.74) is 3.14. The molecule has 0 saturated carbocycles. The molecule has 0 spiro atoms. The van der Waals surface area contributed by atoms with Gasteiger partial charge in [0.25, 0.3) is 0 Å². The molecule has 1 heterocycles. The zero-order valence-corrected chi connectivity index (χ0v) is 15.7. The van der Waals surface area contributed by atoms with E-state index in [9.17, 15) is 20.4 Å². The standard InChI is InChI=1S/C21H17N3O2S/c1-24-17(12-23)16(11-22)19(20(24)21(25)26)14-9-7-13(8-10-14)15-5-3-4-6-18(15)27-2/h3-10,19-20H,1-2H3,(H,25,26). The Morgan fingerprint density at radius 1 is 1.11 bits per heavy atom. The second-order valence-corrected chi connectivity index (χ2v) is 7.03. The molecule has 1 N–H and O–H groups in total. The van der Waals surface area contributed by atoms with Crippen molar-refractivity contribution in [3.63, 3.8) is 0 Å². The number of nitrogens with zero attached hydrogens (tertiary/aromatic N) is 3. The second kappa shape index (κ2) is 7.57. The Labute approximate surface area is 162 Å². The van der Waals surface area contributed by atoms with Crippen molar-refractivity contribution in [2.75, 3.05) is 13.3 Å². The fourth-order valence-corrected chi connectivity index (χ4v) is 4.15. The van der Waals surface area contributed by atoms with Crippen LogP contribution in [0.15, 0.2) is 64.7 Å². The third kappa shape index (κ3) is 3.16. The normalized spacial score (nSPS) is 18.9. The summed E-state index contributed by atoms with van der Waals surface area (Å²) in [5.74, 6) is -1.73. The second-order valence-electron chi connectivity index (χ2n) is 6.18. The molecule has 2 aromatic carbocycles. The summed E-state index contributed by atoms with van der Waals surface area (Å²) in [4.78, 5) is 14.3. The minimum Gasteiger partial charge on any atom is -0.480 e. The molecule has 3 rings (SSSR count). The van der Waals surface area contributed by atoms with E-state index < -0.39 is 17.9 Å². The Hall–Kier alpha value is -3.22. The van der Waals surface area contributed by atoms with Crippen molar-refractivity contribution >= 4 is 17.7 Å². The fourth-order valence-electron chi connectivity index (χ4n) is 3.53. The molecule has 2 aromatic rings. The average Bonchev–Trinajstić information content (AvgIpc) is 2.99. The maximum Gasteiger partial charge on any atom is 0.327 e. The number of nitriles is 2. The molecular weight excluding hydrogens is 358 g/mol. The number of hydrogen-bond acceptors (Lipinski definition) is 5. The first kappa shape index (κ1) is 18.6. The van der Waals surface area contributed by atoms with Crippen LogP contribution in [0, 0.1) is 22.7 Å². The van der Waals surface area contributed by atoms with Crippen molar-refractivity contribution in [3.05, 3.63) is 65.4 Å². The number of hydrogen-bond donors (Lipinski definition) is 1. The molecule has 0 radical (unpaired) electrons. The quantitative estimate of drug-likeness (QED) is 0.817. The number of thioether (sulfide) groups is 1. The highest BCUT2D eigenvalue weighted by Gasteiger charge is 2.44. The van der Waals surface area contributed by atoms with Gasteiger partial charge in [0.2, 0.25) is 0 Å². The SMILES string of the molecule is CSc1ccccc1-c1ccc(C2C(C#N)=C(C#N)N(C)C2C(=O)O)cc1. The van der Waals surface area contributed by atoms with Gasteiger partial charge in [0.15, 0.2) is 0 Å². The third-order valence-corrected chi connectivity index (χ3v) is 5.61. The van der Waals surface area contributed by atoms with E-state index in [0.717, 1.165) is 16.0 Å². The lowest BCUT2D eigenvalue weighted by molar-refractivity contribution is -0.141. The van der Waals surface area contributed by atoms with Crippen molar-refractivity contribution in [2.24, 2.45) is 0 Å². The van der Waals surface area contributed by atoms with Crippen molar-refractivity contribution in [2.45, 2.75) is 16.9 Å². The van der Waals surface area contributed by atoms with Gasteiger partial charge in [-0.2, -0.15) is 10.5 Å². The number of carbonyl (C=O) groups is 1. The largest absolute Gasteiger partial charge is 0.480 e. The number of rotatable bonds is 4. The molecule has 0 bridgehead atoms. The number of benzene rings is 2. The highest BCUT2D eigenvalue weighted by molar-refractivity contribution is 7.98. The van der Waals surface area contributed by atoms with Gasteiger partial charge in [-0.25, -0.2) is 4.79 Å². The van der Waals surface area contributed by atoms with Crippen LogP contribution in [-0.2, 0) is 4.79 Å². The van der Waals surface area contributed by atoms with E-state index in [1.807, 2.05) is 60.9 Å². The minimum atomic E-state index is -1.06. The number of likely N-dealkylation sites (N-methyl/N-ethyl adjacent to an activating group) is 1. The Bertz CT molecular complexity index is 999. The lowest BCUT2D eigenvalue weighted by atomic mass is 9.86. The van der Waals surface area contributed by atoms with E-state index in [1.54, 1.807) is 11.8 Å². The van der Waals surface area contributed by atoms with Crippen LogP contribution in [0.4, 0.5) is 0 Å². The number of carboxylic acid groups (broad SMARTS) is 1. The maximum atomic E-state index is 11.8. The Kier molecular flexibility index (Phi) is 5.21. The van der Waals surface area contributed by atoms with Gasteiger partial charge in [-0.05, 0) is 29.0 Å². The van der Waals surface area contributed by atoms with E-state index in [0.29, 0.717) is 5.56 Å². The number of carboxylic acids is 1. The summed E-state index contributed by atoms with van der Waals surface area (Å²) in [6.45, 7) is 0. The summed E-state index contributed by atoms with van der Waals surface area (Å²) < 4.78 is 0. The van der Waals surface area contributed by atoms with Gasteiger partial charge in [-0.15, -0.1) is 11.8 Å². The van der Waals surface area contributed by atoms with Gasteiger partial charge in [-0.3, -0.25) is 0 Å². The van der Waals surface area contributed by atoms with Crippen LogP contribution in [0.1, 0.15) is 11.5 Å². The molecule has 0 aromatic heterocycles. The van der Waals surface area contributed by atoms with E-state index in [4.69, 9.17) is 0 Å². The molecular formula is C21H17N3O2S. The van der Waals surface area contributed by atoms with Gasteiger partial charge in [0, 0.05) is 11.9 Å². The van der Waals surface area contributed by atoms with E-state index in [1.165, 1.54) is 11.9 Å². The van der Waals surface area contributed by atoms with Gasteiger partial charge >= 0.3 is 5.97 Å². The predicted octanol–water partition coefficient (Wildman–Crippen LogP) is 3.86. The minimum absolute atomic E-state index is 0.117. The van der Waals surface area contributed by atoms with Gasteiger partial charge in [-0.1, -0.05) is 42.5 Å². The van der Waals surface area contributed by atoms with Gasteiger partial charge in [0.1, 0.15) is 17.8 Å². The van der Waals surface area contributed by atoms with Crippen molar-refractivity contribution in [1.82, 2.24) is 4.90 Å². The van der Waals surface area contributed by atoms with Crippen LogP contribution in [-0.4, -0.2) is 35.3 Å². The van der Waals surface area contributed by atoms with E-state index in [2.05, 4.69) is 6.07 Å². The Balaban J connectivity index is 2.06. The smallest absolute Gasteiger partial charge is 0.327 e. The van der Waals surface area contributed by atoms with Crippen molar-refractivity contribution in [1.29, 1.82) is 10.5 Å². The van der Waals surface area contributed by atoms with Gasteiger partial charge < -0.3 is 10.0 Å². The predicted molar refractivity (Wildman–Crippen MR) is 104 cm³/mol. The molecule has 134 valence electrons. The molecule has 0 fully saturated rings. The first-order chi connectivity index (χ1) is 13.0. The molecule has 0 amide bonds. The summed E-state index contributed by atoms with van der Waals surface area (Å²) in [7, 11) is 1.54. The van der Waals surface area contributed by atoms with Crippen molar-refractivity contribution < 1.29 is 9.90 Å². The van der Waals surface area contributed by atoms with Crippen LogP contribution in [0.2, 0.25) is 0 Å². The van der Waals surface area contributed by atoms with Crippen LogP contribution in [0.25, 0.3) is 11.1 Å². The van der Waals surface area contributed by atoms with Crippen LogP contribution >= 0.6 is 11.8 Å². The summed E-state index contributed by atoms with van der Waals surface area (Å²) in [5, 5.41) is 28.5. The molecule has 1 aliphatic rings. The maximum absolute atomic E-state index is 11.8. The van der Waals surface area contributed by atoms with Crippen LogP contribution < -0.4 is 0 Å². The third-order valence-electron chi connectivity index (χ3n) is 4.82. The van der Waals surface area contributed by atoms with Crippen molar-refractivity contribution in [3.8, 4) is 23.3 Å². The Morgan fingerprint density at radius 3 is 2.33 bits per heavy atom. The summed E-state index contributed by atoms with van der Waals surface area (Å²) in [6, 6.07) is 18.7. The molecule has 2 atom stereocenters. The van der Waals surface area contributed by atoms with Crippen LogP contribution in [0.3, 0.4) is 0 Å². The molecule has 6 heteroatoms. The molecule has 0 aliphatic carbocycles. The topological polar surface area (TPSA) is 88.1 Å². The fraction of sp³-hybridized carbons (Fsp3) is 0.190. The lowest BCUT2D eigenvalue weighted by Crippen LogP contribution is -2.37. The first-order valence-corrected chi connectivity index (χ1v) is 9.49. The average molecular weight is 375 g/mol. The molecule has 1 aliphatic heterocycles. The van der Waals surface area contributed by atoms with Crippen LogP contribution in [0.5, 0.6) is 0 Å². The summed E-state index contributed by atoms with van der Waals surface area (Å²) >= 11 is 1.66. The highest BCUT2D eigenvalue weighted by Crippen LogP contribution is 2.41. The Morgan fingerprint density at radius 2 is 1.78 bits per heavy atom. The summed E-state index contributed by atoms with van der Waals surface area (Å²) in [6.07, 6.45) is 2.02. The highest BCUT2D eigenvalue weighted by atomic mass is 32.2. The zero-order chi connectivity index (χ0) is 19.6. The number of allylic oxidation sites excluding steroid dienone is 1. The molecule has 0 saturated heterocycles. The lowest BCUT2D eigenvalue weighted by Gasteiger charge is -2.23. The zero-order valence-electron chi connectivity index (χ0n) is 14.9. The molecule has 27 heavy (non-hydrogen) atoms. The van der Waals surface area contributed by atoms with E-state index >= 15 is 0 Å². The monoisotopic (exact) mass is 375 g/mol. The molecule has 5 nitrogen and oxygen atoms in total. The van der Waals surface area contributed by atoms with Gasteiger partial charge in [0.05, 0.1) is 17.6 Å². The number of aliphatic carboxylic acids is 1. The van der Waals surface area contributed by atoms with E-state index in [-0.39, 0.29) is 11.3 Å².